The van der Waals surface area contributed by atoms with E-state index in [0.29, 0.717) is 13.2 Å². The van der Waals surface area contributed by atoms with Crippen LogP contribution in [0.5, 0.6) is 23.0 Å². The quantitative estimate of drug-likeness (QED) is 0.797. The topological polar surface area (TPSA) is 30.9 Å². The fourth-order valence-corrected chi connectivity index (χ4v) is 2.76. The zero-order valence-corrected chi connectivity index (χ0v) is 13.3. The van der Waals surface area contributed by atoms with E-state index in [0.717, 1.165) is 40.9 Å². The van der Waals surface area contributed by atoms with E-state index in [2.05, 4.69) is 17.9 Å². The molecule has 0 radical (unpaired) electrons. The van der Waals surface area contributed by atoms with Gasteiger partial charge in [0.1, 0.15) is 5.69 Å². The first-order valence-electron chi connectivity index (χ1n) is 7.77. The van der Waals surface area contributed by atoms with Crippen molar-refractivity contribution >= 4 is 11.4 Å². The Morgan fingerprint density at radius 2 is 1.68 bits per heavy atom. The second-order valence-electron chi connectivity index (χ2n) is 4.92. The fourth-order valence-electron chi connectivity index (χ4n) is 2.76. The number of nitrogens with zero attached hydrogens (tertiary/aromatic N) is 1. The number of para-hydroxylation sites is 2. The number of rotatable bonds is 5. The molecule has 1 aliphatic rings. The normalized spacial score (nSPS) is 12.2. The lowest BCUT2D eigenvalue weighted by Gasteiger charge is -2.33. The van der Waals surface area contributed by atoms with Crippen LogP contribution in [0.4, 0.5) is 11.4 Å². The van der Waals surface area contributed by atoms with Crippen LogP contribution >= 0.6 is 0 Å². The van der Waals surface area contributed by atoms with E-state index in [1.807, 2.05) is 44.2 Å². The van der Waals surface area contributed by atoms with Gasteiger partial charge in [-0.1, -0.05) is 12.1 Å². The predicted octanol–water partition coefficient (Wildman–Crippen LogP) is 4.75. The number of hydrogen-bond donors (Lipinski definition) is 0. The number of fused-ring (bicyclic) bond motifs is 2. The maximum absolute atomic E-state index is 6.05. The van der Waals surface area contributed by atoms with E-state index >= 15 is 0 Å². The molecule has 4 nitrogen and oxygen atoms in total. The molecule has 0 atom stereocenters. The Kier molecular flexibility index (Phi) is 4.09. The highest BCUT2D eigenvalue weighted by atomic mass is 16.5. The molecule has 4 heteroatoms. The lowest BCUT2D eigenvalue weighted by Crippen LogP contribution is -2.21. The maximum atomic E-state index is 6.05. The summed E-state index contributed by atoms with van der Waals surface area (Å²) in [6.07, 6.45) is 0. The monoisotopic (exact) mass is 299 g/mol. The molecule has 2 aromatic rings. The van der Waals surface area contributed by atoms with Gasteiger partial charge in [0.05, 0.1) is 18.9 Å². The molecule has 0 N–H and O–H groups in total. The average Bonchev–Trinajstić information content (AvgIpc) is 2.55. The van der Waals surface area contributed by atoms with Gasteiger partial charge in [-0.3, -0.25) is 0 Å². The Morgan fingerprint density at radius 3 is 2.41 bits per heavy atom. The van der Waals surface area contributed by atoms with Crippen LogP contribution in [-0.2, 0) is 0 Å². The van der Waals surface area contributed by atoms with E-state index < -0.39 is 0 Å². The average molecular weight is 299 g/mol. The van der Waals surface area contributed by atoms with E-state index in [1.165, 1.54) is 0 Å². The van der Waals surface area contributed by atoms with Crippen molar-refractivity contribution in [2.24, 2.45) is 0 Å². The standard InChI is InChI=1S/C18H21NO3/c1-4-19-13-9-7-8-10-14(13)22-15-11-12-16(20-5-2)18(17(15)19)21-6-3/h7-12H,4-6H2,1-3H3. The summed E-state index contributed by atoms with van der Waals surface area (Å²) in [5.41, 5.74) is 1.99. The third-order valence-electron chi connectivity index (χ3n) is 3.61. The molecule has 0 unspecified atom stereocenters. The number of hydrogen-bond acceptors (Lipinski definition) is 4. The Labute approximate surface area is 131 Å². The van der Waals surface area contributed by atoms with Crippen LogP contribution in [0.25, 0.3) is 0 Å². The molecular formula is C18H21NO3. The molecule has 0 aliphatic carbocycles. The molecule has 116 valence electrons. The van der Waals surface area contributed by atoms with Crippen molar-refractivity contribution in [3.63, 3.8) is 0 Å². The predicted molar refractivity (Wildman–Crippen MR) is 88.0 cm³/mol. The molecular weight excluding hydrogens is 278 g/mol. The number of anilines is 2. The number of benzene rings is 2. The van der Waals surface area contributed by atoms with Crippen molar-refractivity contribution in [1.29, 1.82) is 0 Å². The lowest BCUT2D eigenvalue weighted by molar-refractivity contribution is 0.286. The minimum Gasteiger partial charge on any atom is -0.490 e. The molecule has 1 aliphatic heterocycles. The van der Waals surface area contributed by atoms with Gasteiger partial charge in [-0.25, -0.2) is 0 Å². The third-order valence-corrected chi connectivity index (χ3v) is 3.61. The van der Waals surface area contributed by atoms with Gasteiger partial charge in [-0.2, -0.15) is 0 Å². The van der Waals surface area contributed by atoms with E-state index in [9.17, 15) is 0 Å². The van der Waals surface area contributed by atoms with Gasteiger partial charge in [0.25, 0.3) is 0 Å². The molecule has 0 aromatic heterocycles. The molecule has 1 heterocycles. The minimum absolute atomic E-state index is 0.579. The zero-order valence-electron chi connectivity index (χ0n) is 13.3. The van der Waals surface area contributed by atoms with Crippen LogP contribution in [0.15, 0.2) is 36.4 Å². The van der Waals surface area contributed by atoms with Gasteiger partial charge in [0.15, 0.2) is 23.0 Å². The largest absolute Gasteiger partial charge is 0.490 e. The number of ether oxygens (including phenoxy) is 3. The first-order valence-corrected chi connectivity index (χ1v) is 7.77. The summed E-state index contributed by atoms with van der Waals surface area (Å²) in [6.45, 7) is 8.07. The molecule has 0 saturated heterocycles. The Bertz CT molecular complexity index is 669. The molecule has 0 fully saturated rings. The summed E-state index contributed by atoms with van der Waals surface area (Å²) < 4.78 is 17.7. The summed E-state index contributed by atoms with van der Waals surface area (Å²) in [6, 6.07) is 11.9. The van der Waals surface area contributed by atoms with Gasteiger partial charge in [-0.15, -0.1) is 0 Å². The first kappa shape index (κ1) is 14.6. The summed E-state index contributed by atoms with van der Waals surface area (Å²) in [5.74, 6) is 3.17. The van der Waals surface area contributed by atoms with Crippen LogP contribution in [0, 0.1) is 0 Å². The molecule has 0 saturated carbocycles. The fraction of sp³-hybridized carbons (Fsp3) is 0.333. The highest BCUT2D eigenvalue weighted by molar-refractivity contribution is 5.84. The van der Waals surface area contributed by atoms with Gasteiger partial charge in [0, 0.05) is 6.54 Å². The van der Waals surface area contributed by atoms with E-state index in [4.69, 9.17) is 14.2 Å². The van der Waals surface area contributed by atoms with Crippen LogP contribution in [0.3, 0.4) is 0 Å². The lowest BCUT2D eigenvalue weighted by atomic mass is 10.1. The van der Waals surface area contributed by atoms with Crippen LogP contribution in [0.2, 0.25) is 0 Å². The third kappa shape index (κ3) is 2.34. The molecule has 22 heavy (non-hydrogen) atoms. The Balaban J connectivity index is 2.17. The molecule has 2 aromatic carbocycles. The minimum atomic E-state index is 0.579. The van der Waals surface area contributed by atoms with Gasteiger partial charge in [-0.05, 0) is 45.0 Å². The summed E-state index contributed by atoms with van der Waals surface area (Å²) >= 11 is 0. The maximum Gasteiger partial charge on any atom is 0.188 e. The summed E-state index contributed by atoms with van der Waals surface area (Å²) in [5, 5.41) is 0. The van der Waals surface area contributed by atoms with Crippen LogP contribution in [0.1, 0.15) is 20.8 Å². The van der Waals surface area contributed by atoms with E-state index in [1.54, 1.807) is 0 Å². The van der Waals surface area contributed by atoms with Crippen molar-refractivity contribution < 1.29 is 14.2 Å². The van der Waals surface area contributed by atoms with Gasteiger partial charge in [0.2, 0.25) is 0 Å². The molecule has 0 amide bonds. The molecule has 3 rings (SSSR count). The first-order chi connectivity index (χ1) is 10.8. The molecule has 0 bridgehead atoms. The smallest absolute Gasteiger partial charge is 0.188 e. The van der Waals surface area contributed by atoms with Gasteiger partial charge < -0.3 is 19.1 Å². The van der Waals surface area contributed by atoms with Gasteiger partial charge >= 0.3 is 0 Å². The van der Waals surface area contributed by atoms with Crippen molar-refractivity contribution in [1.82, 2.24) is 0 Å². The zero-order chi connectivity index (χ0) is 15.5. The van der Waals surface area contributed by atoms with Crippen molar-refractivity contribution in [3.05, 3.63) is 36.4 Å². The Morgan fingerprint density at radius 1 is 0.909 bits per heavy atom. The SMILES string of the molecule is CCOc1ccc2c(c1OCC)N(CC)c1ccccc1O2. The summed E-state index contributed by atoms with van der Waals surface area (Å²) in [4.78, 5) is 2.21. The Hall–Kier alpha value is -2.36. The van der Waals surface area contributed by atoms with Crippen molar-refractivity contribution in [2.45, 2.75) is 20.8 Å². The highest BCUT2D eigenvalue weighted by Gasteiger charge is 2.28. The highest BCUT2D eigenvalue weighted by Crippen LogP contribution is 2.53. The van der Waals surface area contributed by atoms with Crippen LogP contribution in [-0.4, -0.2) is 19.8 Å². The van der Waals surface area contributed by atoms with Crippen LogP contribution < -0.4 is 19.1 Å². The second kappa shape index (κ2) is 6.18. The van der Waals surface area contributed by atoms with Crippen molar-refractivity contribution in [3.8, 4) is 23.0 Å². The molecule has 0 spiro atoms. The second-order valence-corrected chi connectivity index (χ2v) is 4.92. The van der Waals surface area contributed by atoms with Crippen molar-refractivity contribution in [2.75, 3.05) is 24.7 Å². The van der Waals surface area contributed by atoms with E-state index in [-0.39, 0.29) is 0 Å². The summed E-state index contributed by atoms with van der Waals surface area (Å²) in [7, 11) is 0.